The molecule has 1 saturated heterocycles. The van der Waals surface area contributed by atoms with E-state index in [1.807, 2.05) is 0 Å². The van der Waals surface area contributed by atoms with Gasteiger partial charge >= 0.3 is 0 Å². The van der Waals surface area contributed by atoms with Crippen LogP contribution in [0.4, 0.5) is 0 Å². The SMILES string of the molecule is COCCCNC(=O)c1cc(S(=O)(=O)N2CCCC2)ccc1Cl. The molecule has 0 unspecified atom stereocenters. The lowest BCUT2D eigenvalue weighted by molar-refractivity contribution is 0.0948. The highest BCUT2D eigenvalue weighted by Gasteiger charge is 2.28. The van der Waals surface area contributed by atoms with Gasteiger partial charge in [0.15, 0.2) is 0 Å². The van der Waals surface area contributed by atoms with Crippen molar-refractivity contribution in [1.29, 1.82) is 0 Å². The summed E-state index contributed by atoms with van der Waals surface area (Å²) in [5.74, 6) is -0.385. The maximum atomic E-state index is 12.6. The van der Waals surface area contributed by atoms with E-state index in [0.29, 0.717) is 32.7 Å². The van der Waals surface area contributed by atoms with Crippen molar-refractivity contribution in [3.8, 4) is 0 Å². The van der Waals surface area contributed by atoms with Crippen LogP contribution in [-0.4, -0.2) is 52.0 Å². The van der Waals surface area contributed by atoms with E-state index >= 15 is 0 Å². The Morgan fingerprint density at radius 3 is 2.70 bits per heavy atom. The molecule has 1 aliphatic heterocycles. The summed E-state index contributed by atoms with van der Waals surface area (Å²) in [7, 11) is -1.98. The zero-order valence-electron chi connectivity index (χ0n) is 13.0. The Labute approximate surface area is 141 Å². The van der Waals surface area contributed by atoms with Crippen molar-refractivity contribution in [1.82, 2.24) is 9.62 Å². The summed E-state index contributed by atoms with van der Waals surface area (Å²) in [5, 5.41) is 2.94. The number of amides is 1. The van der Waals surface area contributed by atoms with Crippen LogP contribution in [-0.2, 0) is 14.8 Å². The summed E-state index contributed by atoms with van der Waals surface area (Å²) in [4.78, 5) is 12.3. The lowest BCUT2D eigenvalue weighted by Gasteiger charge is -2.16. The van der Waals surface area contributed by atoms with Crippen molar-refractivity contribution in [2.75, 3.05) is 33.4 Å². The van der Waals surface area contributed by atoms with Crippen molar-refractivity contribution in [2.45, 2.75) is 24.2 Å². The molecule has 128 valence electrons. The number of hydrogen-bond donors (Lipinski definition) is 1. The zero-order valence-corrected chi connectivity index (χ0v) is 14.6. The second kappa shape index (κ2) is 8.10. The molecule has 1 fully saturated rings. The first-order valence-corrected chi connectivity index (χ1v) is 9.35. The molecule has 1 aromatic carbocycles. The molecule has 0 aromatic heterocycles. The maximum Gasteiger partial charge on any atom is 0.252 e. The molecule has 6 nitrogen and oxygen atoms in total. The van der Waals surface area contributed by atoms with Crippen LogP contribution < -0.4 is 5.32 Å². The highest BCUT2D eigenvalue weighted by molar-refractivity contribution is 7.89. The molecule has 1 aliphatic rings. The average molecular weight is 361 g/mol. The van der Waals surface area contributed by atoms with E-state index in [4.69, 9.17) is 16.3 Å². The van der Waals surface area contributed by atoms with E-state index in [-0.39, 0.29) is 21.4 Å². The minimum Gasteiger partial charge on any atom is -0.385 e. The quantitative estimate of drug-likeness (QED) is 0.753. The molecule has 1 N–H and O–H groups in total. The Morgan fingerprint density at radius 2 is 2.04 bits per heavy atom. The van der Waals surface area contributed by atoms with Crippen LogP contribution in [0, 0.1) is 0 Å². The Hall–Kier alpha value is -1.15. The smallest absolute Gasteiger partial charge is 0.252 e. The fourth-order valence-corrected chi connectivity index (χ4v) is 4.18. The van der Waals surface area contributed by atoms with E-state index in [0.717, 1.165) is 12.8 Å². The van der Waals surface area contributed by atoms with Crippen molar-refractivity contribution < 1.29 is 17.9 Å². The summed E-state index contributed by atoms with van der Waals surface area (Å²) in [6.07, 6.45) is 2.39. The summed E-state index contributed by atoms with van der Waals surface area (Å²) in [6.45, 7) is 2.01. The summed E-state index contributed by atoms with van der Waals surface area (Å²) >= 11 is 6.05. The molecule has 0 spiro atoms. The standard InChI is InChI=1S/C15H21ClN2O4S/c1-22-10-4-7-17-15(19)13-11-12(5-6-14(13)16)23(20,21)18-8-2-3-9-18/h5-6,11H,2-4,7-10H2,1H3,(H,17,19). The third kappa shape index (κ3) is 4.44. The number of ether oxygens (including phenoxy) is 1. The number of hydrogen-bond acceptors (Lipinski definition) is 4. The van der Waals surface area contributed by atoms with E-state index in [1.54, 1.807) is 7.11 Å². The van der Waals surface area contributed by atoms with Crippen LogP contribution in [0.1, 0.15) is 29.6 Å². The van der Waals surface area contributed by atoms with Crippen LogP contribution in [0.25, 0.3) is 0 Å². The first-order valence-electron chi connectivity index (χ1n) is 7.53. The first-order chi connectivity index (χ1) is 11.0. The highest BCUT2D eigenvalue weighted by atomic mass is 35.5. The Morgan fingerprint density at radius 1 is 1.35 bits per heavy atom. The number of methoxy groups -OCH3 is 1. The largest absolute Gasteiger partial charge is 0.385 e. The van der Waals surface area contributed by atoms with Gasteiger partial charge in [0.1, 0.15) is 0 Å². The van der Waals surface area contributed by atoms with E-state index in [2.05, 4.69) is 5.32 Å². The number of benzene rings is 1. The van der Waals surface area contributed by atoms with Crippen molar-refractivity contribution in [3.63, 3.8) is 0 Å². The molecule has 1 amide bonds. The molecule has 0 radical (unpaired) electrons. The predicted octanol–water partition coefficient (Wildman–Crippen LogP) is 1.89. The second-order valence-corrected chi connectivity index (χ2v) is 7.70. The van der Waals surface area contributed by atoms with Crippen LogP contribution >= 0.6 is 11.6 Å². The fourth-order valence-electron chi connectivity index (χ4n) is 2.43. The molecule has 0 saturated carbocycles. The van der Waals surface area contributed by atoms with Crippen LogP contribution in [0.3, 0.4) is 0 Å². The van der Waals surface area contributed by atoms with Gasteiger partial charge in [-0.1, -0.05) is 11.6 Å². The van der Waals surface area contributed by atoms with Gasteiger partial charge in [-0.25, -0.2) is 8.42 Å². The zero-order chi connectivity index (χ0) is 16.9. The minimum atomic E-state index is -3.57. The monoisotopic (exact) mass is 360 g/mol. The van der Waals surface area contributed by atoms with E-state index in [1.165, 1.54) is 22.5 Å². The highest BCUT2D eigenvalue weighted by Crippen LogP contribution is 2.25. The van der Waals surface area contributed by atoms with Crippen molar-refractivity contribution >= 4 is 27.5 Å². The number of nitrogens with zero attached hydrogens (tertiary/aromatic N) is 1. The third-order valence-corrected chi connectivity index (χ3v) is 5.92. The number of halogens is 1. The van der Waals surface area contributed by atoms with Crippen LogP contribution in [0.2, 0.25) is 5.02 Å². The van der Waals surface area contributed by atoms with Crippen molar-refractivity contribution in [3.05, 3.63) is 28.8 Å². The van der Waals surface area contributed by atoms with Gasteiger partial charge in [0.2, 0.25) is 10.0 Å². The van der Waals surface area contributed by atoms with Gasteiger partial charge < -0.3 is 10.1 Å². The number of rotatable bonds is 7. The fraction of sp³-hybridized carbons (Fsp3) is 0.533. The van der Waals surface area contributed by atoms with Crippen molar-refractivity contribution in [2.24, 2.45) is 0 Å². The number of sulfonamides is 1. The molecule has 0 aliphatic carbocycles. The van der Waals surface area contributed by atoms with Gasteiger partial charge in [-0.3, -0.25) is 4.79 Å². The van der Waals surface area contributed by atoms with Gasteiger partial charge in [0, 0.05) is 33.4 Å². The van der Waals surface area contributed by atoms with Gasteiger partial charge in [-0.2, -0.15) is 4.31 Å². The van der Waals surface area contributed by atoms with Crippen LogP contribution in [0.15, 0.2) is 23.1 Å². The first kappa shape index (κ1) is 18.2. The molecular weight excluding hydrogens is 340 g/mol. The average Bonchev–Trinajstić information content (AvgIpc) is 3.07. The van der Waals surface area contributed by atoms with Gasteiger partial charge in [0.25, 0.3) is 5.91 Å². The van der Waals surface area contributed by atoms with Gasteiger partial charge in [0.05, 0.1) is 15.5 Å². The molecule has 0 atom stereocenters. The molecular formula is C15H21ClN2O4S. The molecule has 1 aromatic rings. The normalized spacial score (nSPS) is 15.7. The topological polar surface area (TPSA) is 75.7 Å². The number of carbonyl (C=O) groups excluding carboxylic acids is 1. The Bertz CT molecular complexity index is 657. The molecule has 0 bridgehead atoms. The molecule has 1 heterocycles. The lowest BCUT2D eigenvalue weighted by atomic mass is 10.2. The van der Waals surface area contributed by atoms with Gasteiger partial charge in [-0.05, 0) is 37.5 Å². The molecule has 23 heavy (non-hydrogen) atoms. The summed E-state index contributed by atoms with van der Waals surface area (Å²) in [6, 6.07) is 4.24. The summed E-state index contributed by atoms with van der Waals surface area (Å²) < 4.78 is 31.5. The van der Waals surface area contributed by atoms with E-state index < -0.39 is 10.0 Å². The molecule has 2 rings (SSSR count). The Balaban J connectivity index is 2.16. The minimum absolute atomic E-state index is 0.103. The number of carbonyl (C=O) groups is 1. The molecule has 8 heteroatoms. The Kier molecular flexibility index (Phi) is 6.41. The van der Waals surface area contributed by atoms with E-state index in [9.17, 15) is 13.2 Å². The third-order valence-electron chi connectivity index (χ3n) is 3.70. The van der Waals surface area contributed by atoms with Gasteiger partial charge in [-0.15, -0.1) is 0 Å². The lowest BCUT2D eigenvalue weighted by Crippen LogP contribution is -2.29. The summed E-state index contributed by atoms with van der Waals surface area (Å²) in [5.41, 5.74) is 0.171. The second-order valence-electron chi connectivity index (χ2n) is 5.36. The predicted molar refractivity (Wildman–Crippen MR) is 88.3 cm³/mol. The number of nitrogens with one attached hydrogen (secondary N) is 1. The van der Waals surface area contributed by atoms with Crippen LogP contribution in [0.5, 0.6) is 0 Å². The maximum absolute atomic E-state index is 12.6.